The molecule has 0 atom stereocenters. The summed E-state index contributed by atoms with van der Waals surface area (Å²) in [4.78, 5) is 17.2. The Labute approximate surface area is 175 Å². The van der Waals surface area contributed by atoms with Crippen LogP contribution in [0.1, 0.15) is 21.5 Å². The van der Waals surface area contributed by atoms with Gasteiger partial charge in [0.15, 0.2) is 9.84 Å². The lowest BCUT2D eigenvalue weighted by Crippen LogP contribution is -2.12. The van der Waals surface area contributed by atoms with Crippen molar-refractivity contribution in [3.63, 3.8) is 0 Å². The maximum atomic E-state index is 12.6. The van der Waals surface area contributed by atoms with E-state index in [4.69, 9.17) is 0 Å². The summed E-state index contributed by atoms with van der Waals surface area (Å²) in [5.74, 6) is -0.307. The van der Waals surface area contributed by atoms with E-state index in [1.54, 1.807) is 24.3 Å². The van der Waals surface area contributed by atoms with Gasteiger partial charge in [-0.1, -0.05) is 30.3 Å². The number of nitrogens with one attached hydrogen (secondary N) is 1. The summed E-state index contributed by atoms with van der Waals surface area (Å²) < 4.78 is 24.8. The highest BCUT2D eigenvalue weighted by Gasteiger charge is 2.10. The van der Waals surface area contributed by atoms with Crippen LogP contribution in [-0.2, 0) is 15.6 Å². The van der Waals surface area contributed by atoms with E-state index < -0.39 is 9.84 Å². The molecule has 30 heavy (non-hydrogen) atoms. The number of hydrogen-bond donors (Lipinski definition) is 1. The monoisotopic (exact) mass is 419 g/mol. The molecule has 4 aromatic rings. The summed E-state index contributed by atoms with van der Waals surface area (Å²) in [7, 11) is -3.11. The van der Waals surface area contributed by atoms with Crippen LogP contribution in [0.2, 0.25) is 0 Å². The van der Waals surface area contributed by atoms with Gasteiger partial charge in [-0.25, -0.2) is 13.4 Å². The third-order valence-electron chi connectivity index (χ3n) is 4.66. The fraction of sp³-hybridized carbons (Fsp3) is 0.130. The van der Waals surface area contributed by atoms with Crippen LogP contribution in [0.15, 0.2) is 73.1 Å². The lowest BCUT2D eigenvalue weighted by molar-refractivity contribution is 0.102. The van der Waals surface area contributed by atoms with Crippen LogP contribution in [0.5, 0.6) is 0 Å². The van der Waals surface area contributed by atoms with Gasteiger partial charge in [-0.05, 0) is 48.4 Å². The Balaban J connectivity index is 1.53. The van der Waals surface area contributed by atoms with E-state index in [-0.39, 0.29) is 11.7 Å². The van der Waals surface area contributed by atoms with Crippen molar-refractivity contribution in [1.82, 2.24) is 9.38 Å². The molecule has 0 fully saturated rings. The van der Waals surface area contributed by atoms with Gasteiger partial charge in [0.1, 0.15) is 5.65 Å². The van der Waals surface area contributed by atoms with E-state index in [0.717, 1.165) is 22.5 Å². The minimum Gasteiger partial charge on any atom is -0.322 e. The zero-order chi connectivity index (χ0) is 21.3. The van der Waals surface area contributed by atoms with Crippen molar-refractivity contribution in [2.75, 3.05) is 11.6 Å². The standard InChI is InChI=1S/C23H21N3O3S/c1-16-6-11-22-25-21(14-26(22)13-16)19-4-3-5-20(12-19)24-23(27)18-9-7-17(8-10-18)15-30(2,28)29/h3-14H,15H2,1-2H3,(H,24,27). The predicted molar refractivity (Wildman–Crippen MR) is 118 cm³/mol. The van der Waals surface area contributed by atoms with Gasteiger partial charge in [0.25, 0.3) is 5.91 Å². The van der Waals surface area contributed by atoms with Crippen molar-refractivity contribution in [2.24, 2.45) is 0 Å². The molecular weight excluding hydrogens is 398 g/mol. The minimum atomic E-state index is -3.11. The second-order valence-corrected chi connectivity index (χ2v) is 9.54. The first-order chi connectivity index (χ1) is 14.3. The molecule has 0 unspecified atom stereocenters. The summed E-state index contributed by atoms with van der Waals surface area (Å²) in [6.07, 6.45) is 5.17. The molecule has 1 N–H and O–H groups in total. The molecule has 0 aliphatic rings. The molecule has 6 nitrogen and oxygen atoms in total. The molecule has 0 aliphatic carbocycles. The molecule has 1 amide bonds. The summed E-state index contributed by atoms with van der Waals surface area (Å²) >= 11 is 0. The van der Waals surface area contributed by atoms with E-state index >= 15 is 0 Å². The van der Waals surface area contributed by atoms with E-state index in [2.05, 4.69) is 10.3 Å². The average molecular weight is 420 g/mol. The number of aryl methyl sites for hydroxylation is 1. The number of amides is 1. The largest absolute Gasteiger partial charge is 0.322 e. The first-order valence-electron chi connectivity index (χ1n) is 9.41. The fourth-order valence-electron chi connectivity index (χ4n) is 3.26. The Kier molecular flexibility index (Phi) is 5.13. The molecule has 0 radical (unpaired) electrons. The highest BCUT2D eigenvalue weighted by molar-refractivity contribution is 7.89. The van der Waals surface area contributed by atoms with Crippen LogP contribution in [-0.4, -0.2) is 30.0 Å². The highest BCUT2D eigenvalue weighted by Crippen LogP contribution is 2.23. The zero-order valence-electron chi connectivity index (χ0n) is 16.7. The number of anilines is 1. The molecule has 0 saturated carbocycles. The van der Waals surface area contributed by atoms with Crippen LogP contribution in [0.4, 0.5) is 5.69 Å². The van der Waals surface area contributed by atoms with Crippen molar-refractivity contribution in [2.45, 2.75) is 12.7 Å². The van der Waals surface area contributed by atoms with Crippen LogP contribution in [0, 0.1) is 6.92 Å². The number of fused-ring (bicyclic) bond motifs is 1. The lowest BCUT2D eigenvalue weighted by Gasteiger charge is -2.07. The van der Waals surface area contributed by atoms with Gasteiger partial charge in [0.2, 0.25) is 0 Å². The summed E-state index contributed by atoms with van der Waals surface area (Å²) in [6, 6.07) is 18.1. The van der Waals surface area contributed by atoms with E-state index in [0.29, 0.717) is 16.8 Å². The van der Waals surface area contributed by atoms with Crippen LogP contribution < -0.4 is 5.32 Å². The molecule has 2 heterocycles. The zero-order valence-corrected chi connectivity index (χ0v) is 17.5. The number of imidazole rings is 1. The molecule has 2 aromatic heterocycles. The predicted octanol–water partition coefficient (Wildman–Crippen LogP) is 4.11. The number of pyridine rings is 1. The number of carbonyl (C=O) groups excluding carboxylic acids is 1. The minimum absolute atomic E-state index is 0.0461. The van der Waals surface area contributed by atoms with E-state index in [1.165, 1.54) is 6.26 Å². The summed E-state index contributed by atoms with van der Waals surface area (Å²) in [5, 5.41) is 2.89. The Hall–Kier alpha value is -3.45. The van der Waals surface area contributed by atoms with Crippen molar-refractivity contribution >= 4 is 27.1 Å². The third kappa shape index (κ3) is 4.58. The van der Waals surface area contributed by atoms with Crippen molar-refractivity contribution in [1.29, 1.82) is 0 Å². The van der Waals surface area contributed by atoms with Gasteiger partial charge in [-0.2, -0.15) is 0 Å². The van der Waals surface area contributed by atoms with Gasteiger partial charge >= 0.3 is 0 Å². The van der Waals surface area contributed by atoms with Gasteiger partial charge in [0, 0.05) is 35.5 Å². The first-order valence-corrected chi connectivity index (χ1v) is 11.5. The average Bonchev–Trinajstić information content (AvgIpc) is 3.11. The number of hydrogen-bond acceptors (Lipinski definition) is 4. The number of rotatable bonds is 5. The molecule has 0 saturated heterocycles. The molecule has 4 rings (SSSR count). The van der Waals surface area contributed by atoms with Gasteiger partial charge in [-0.3, -0.25) is 4.79 Å². The molecule has 152 valence electrons. The number of aromatic nitrogens is 2. The number of sulfone groups is 1. The number of benzene rings is 2. The number of nitrogens with zero attached hydrogens (tertiary/aromatic N) is 2. The molecular formula is C23H21N3O3S. The van der Waals surface area contributed by atoms with Gasteiger partial charge < -0.3 is 9.72 Å². The van der Waals surface area contributed by atoms with E-state index in [9.17, 15) is 13.2 Å². The Bertz CT molecular complexity index is 1340. The lowest BCUT2D eigenvalue weighted by atomic mass is 10.1. The third-order valence-corrected chi connectivity index (χ3v) is 5.52. The molecule has 0 aliphatic heterocycles. The van der Waals surface area contributed by atoms with Gasteiger partial charge in [0.05, 0.1) is 11.4 Å². The van der Waals surface area contributed by atoms with Crippen LogP contribution >= 0.6 is 0 Å². The fourth-order valence-corrected chi connectivity index (χ4v) is 4.05. The topological polar surface area (TPSA) is 80.5 Å². The Morgan fingerprint density at radius 1 is 1.03 bits per heavy atom. The van der Waals surface area contributed by atoms with Crippen LogP contribution in [0.3, 0.4) is 0 Å². The molecule has 7 heteroatoms. The van der Waals surface area contributed by atoms with Crippen molar-refractivity contribution in [3.8, 4) is 11.3 Å². The Morgan fingerprint density at radius 2 is 1.80 bits per heavy atom. The second kappa shape index (κ2) is 7.76. The van der Waals surface area contributed by atoms with Crippen molar-refractivity contribution < 1.29 is 13.2 Å². The summed E-state index contributed by atoms with van der Waals surface area (Å²) in [5.41, 5.74) is 5.50. The molecule has 2 aromatic carbocycles. The maximum absolute atomic E-state index is 12.6. The maximum Gasteiger partial charge on any atom is 0.255 e. The highest BCUT2D eigenvalue weighted by atomic mass is 32.2. The number of carbonyl (C=O) groups is 1. The first kappa shape index (κ1) is 19.8. The second-order valence-electron chi connectivity index (χ2n) is 7.40. The van der Waals surface area contributed by atoms with Crippen molar-refractivity contribution in [3.05, 3.63) is 89.7 Å². The van der Waals surface area contributed by atoms with Crippen LogP contribution in [0.25, 0.3) is 16.9 Å². The van der Waals surface area contributed by atoms with E-state index in [1.807, 2.05) is 60.1 Å². The Morgan fingerprint density at radius 3 is 2.53 bits per heavy atom. The normalized spacial score (nSPS) is 11.5. The quantitative estimate of drug-likeness (QED) is 0.528. The molecule has 0 bridgehead atoms. The smallest absolute Gasteiger partial charge is 0.255 e. The summed E-state index contributed by atoms with van der Waals surface area (Å²) in [6.45, 7) is 2.03. The van der Waals surface area contributed by atoms with Gasteiger partial charge in [-0.15, -0.1) is 0 Å². The SMILES string of the molecule is Cc1ccc2nc(-c3cccc(NC(=O)c4ccc(CS(C)(=O)=O)cc4)c3)cn2c1. The molecule has 0 spiro atoms.